The lowest BCUT2D eigenvalue weighted by Crippen LogP contribution is -2.38. The van der Waals surface area contributed by atoms with E-state index in [-0.39, 0.29) is 17.8 Å². The van der Waals surface area contributed by atoms with Gasteiger partial charge in [-0.3, -0.25) is 9.88 Å². The molecule has 2 aromatic carbocycles. The molecule has 4 rings (SSSR count). The molecule has 1 saturated heterocycles. The summed E-state index contributed by atoms with van der Waals surface area (Å²) in [6.07, 6.45) is 3.62. The molecule has 1 aliphatic rings. The molecule has 0 bridgehead atoms. The Morgan fingerprint density at radius 2 is 1.74 bits per heavy atom. The van der Waals surface area contributed by atoms with Crippen molar-refractivity contribution in [1.29, 1.82) is 0 Å². The first-order valence-corrected chi connectivity index (χ1v) is 10.3. The molecule has 2 heterocycles. The van der Waals surface area contributed by atoms with E-state index in [2.05, 4.69) is 9.88 Å². The van der Waals surface area contributed by atoms with Gasteiger partial charge in [0.2, 0.25) is 0 Å². The third-order valence-electron chi connectivity index (χ3n) is 5.81. The third-order valence-corrected chi connectivity index (χ3v) is 5.81. The summed E-state index contributed by atoms with van der Waals surface area (Å²) in [5, 5.41) is 0. The molecular formula is C25H27FN2O3. The van der Waals surface area contributed by atoms with Crippen LogP contribution < -0.4 is 9.47 Å². The second kappa shape index (κ2) is 9.90. The van der Waals surface area contributed by atoms with Gasteiger partial charge < -0.3 is 14.2 Å². The summed E-state index contributed by atoms with van der Waals surface area (Å²) in [7, 11) is 3.34. The molecule has 5 nitrogen and oxygen atoms in total. The van der Waals surface area contributed by atoms with Crippen molar-refractivity contribution in [2.75, 3.05) is 27.4 Å². The summed E-state index contributed by atoms with van der Waals surface area (Å²) in [5.74, 6) is 1.53. The number of nitrogens with zero attached hydrogens (tertiary/aromatic N) is 2. The van der Waals surface area contributed by atoms with Crippen LogP contribution in [0, 0.1) is 5.82 Å². The normalized spacial score (nSPS) is 18.3. The Bertz CT molecular complexity index is 982. The first kappa shape index (κ1) is 21.3. The molecule has 6 heteroatoms. The first-order valence-electron chi connectivity index (χ1n) is 10.3. The Labute approximate surface area is 182 Å². The highest BCUT2D eigenvalue weighted by atomic mass is 19.1. The first-order chi connectivity index (χ1) is 15.2. The molecule has 1 aromatic heterocycles. The van der Waals surface area contributed by atoms with Crippen molar-refractivity contribution in [2.24, 2.45) is 0 Å². The molecule has 0 spiro atoms. The van der Waals surface area contributed by atoms with Crippen LogP contribution in [0.3, 0.4) is 0 Å². The molecular weight excluding hydrogens is 395 g/mol. The van der Waals surface area contributed by atoms with Gasteiger partial charge in [0.05, 0.1) is 27.4 Å². The summed E-state index contributed by atoms with van der Waals surface area (Å²) in [6, 6.07) is 16.8. The molecule has 162 valence electrons. The van der Waals surface area contributed by atoms with Gasteiger partial charge in [0.25, 0.3) is 0 Å². The average Bonchev–Trinajstić information content (AvgIpc) is 3.29. The van der Waals surface area contributed by atoms with Crippen molar-refractivity contribution < 1.29 is 18.6 Å². The van der Waals surface area contributed by atoms with Gasteiger partial charge in [-0.2, -0.15) is 0 Å². The Kier molecular flexibility index (Phi) is 6.79. The van der Waals surface area contributed by atoms with Gasteiger partial charge in [0, 0.05) is 43.0 Å². The highest BCUT2D eigenvalue weighted by Crippen LogP contribution is 2.33. The Morgan fingerprint density at radius 3 is 2.45 bits per heavy atom. The number of benzene rings is 2. The molecule has 1 aliphatic heterocycles. The average molecular weight is 423 g/mol. The van der Waals surface area contributed by atoms with Crippen molar-refractivity contribution in [3.63, 3.8) is 0 Å². The van der Waals surface area contributed by atoms with Crippen molar-refractivity contribution in [3.05, 3.63) is 89.5 Å². The van der Waals surface area contributed by atoms with E-state index in [9.17, 15) is 4.39 Å². The lowest BCUT2D eigenvalue weighted by Gasteiger charge is -2.32. The minimum atomic E-state index is -0.228. The predicted octanol–water partition coefficient (Wildman–Crippen LogP) is 4.42. The summed E-state index contributed by atoms with van der Waals surface area (Å²) in [5.41, 5.74) is 3.29. The molecule has 0 aliphatic carbocycles. The number of pyridine rings is 1. The lowest BCUT2D eigenvalue weighted by atomic mass is 9.92. The number of methoxy groups -OCH3 is 2. The van der Waals surface area contributed by atoms with E-state index in [0.717, 1.165) is 29.2 Å². The standard InChI is InChI=1S/C25H27FN2O3/c1-29-22-7-8-25(30-2)20(13-22)15-28(14-18-9-11-27-12-10-18)24-17-31-16-23(24)19-3-5-21(26)6-4-19/h3-13,23-24H,14-17H2,1-2H3/t23-,24+/m0/s1. The van der Waals surface area contributed by atoms with Crippen LogP contribution in [0.15, 0.2) is 67.0 Å². The fourth-order valence-electron chi connectivity index (χ4n) is 4.17. The molecule has 31 heavy (non-hydrogen) atoms. The van der Waals surface area contributed by atoms with Gasteiger partial charge in [-0.05, 0) is 53.6 Å². The lowest BCUT2D eigenvalue weighted by molar-refractivity contribution is 0.131. The maximum absolute atomic E-state index is 13.5. The van der Waals surface area contributed by atoms with Crippen LogP contribution in [0.2, 0.25) is 0 Å². The fourth-order valence-corrected chi connectivity index (χ4v) is 4.17. The number of hydrogen-bond donors (Lipinski definition) is 0. The van der Waals surface area contributed by atoms with E-state index >= 15 is 0 Å². The Balaban J connectivity index is 1.66. The summed E-state index contributed by atoms with van der Waals surface area (Å²) >= 11 is 0. The van der Waals surface area contributed by atoms with Crippen LogP contribution in [-0.4, -0.2) is 43.4 Å². The van der Waals surface area contributed by atoms with Crippen LogP contribution in [0.4, 0.5) is 4.39 Å². The highest BCUT2D eigenvalue weighted by Gasteiger charge is 2.34. The third kappa shape index (κ3) is 5.03. The zero-order valence-corrected chi connectivity index (χ0v) is 17.8. The molecule has 2 atom stereocenters. The van der Waals surface area contributed by atoms with Crippen molar-refractivity contribution in [2.45, 2.75) is 25.0 Å². The maximum atomic E-state index is 13.5. The monoisotopic (exact) mass is 422 g/mol. The Morgan fingerprint density at radius 1 is 0.968 bits per heavy atom. The fraction of sp³-hybridized carbons (Fsp3) is 0.320. The number of ether oxygens (including phenoxy) is 3. The molecule has 0 N–H and O–H groups in total. The minimum absolute atomic E-state index is 0.134. The molecule has 1 fully saturated rings. The molecule has 0 amide bonds. The Hall–Kier alpha value is -2.96. The van der Waals surface area contributed by atoms with E-state index in [1.165, 1.54) is 17.7 Å². The van der Waals surface area contributed by atoms with Crippen LogP contribution in [-0.2, 0) is 17.8 Å². The number of aromatic nitrogens is 1. The largest absolute Gasteiger partial charge is 0.497 e. The summed E-state index contributed by atoms with van der Waals surface area (Å²) in [4.78, 5) is 6.54. The molecule has 0 unspecified atom stereocenters. The quantitative estimate of drug-likeness (QED) is 0.538. The van der Waals surface area contributed by atoms with Gasteiger partial charge in [-0.25, -0.2) is 4.39 Å². The summed E-state index contributed by atoms with van der Waals surface area (Å²) < 4.78 is 30.5. The van der Waals surface area contributed by atoms with Crippen LogP contribution in [0.25, 0.3) is 0 Å². The van der Waals surface area contributed by atoms with Gasteiger partial charge in [0.15, 0.2) is 0 Å². The molecule has 0 saturated carbocycles. The van der Waals surface area contributed by atoms with Crippen LogP contribution in [0.5, 0.6) is 11.5 Å². The highest BCUT2D eigenvalue weighted by molar-refractivity contribution is 5.40. The molecule has 3 aromatic rings. The van der Waals surface area contributed by atoms with E-state index in [4.69, 9.17) is 14.2 Å². The number of hydrogen-bond acceptors (Lipinski definition) is 5. The van der Waals surface area contributed by atoms with E-state index < -0.39 is 0 Å². The van der Waals surface area contributed by atoms with Crippen molar-refractivity contribution in [1.82, 2.24) is 9.88 Å². The zero-order valence-electron chi connectivity index (χ0n) is 17.8. The second-order valence-corrected chi connectivity index (χ2v) is 7.70. The van der Waals surface area contributed by atoms with Crippen molar-refractivity contribution >= 4 is 0 Å². The van der Waals surface area contributed by atoms with Gasteiger partial charge in [-0.15, -0.1) is 0 Å². The van der Waals surface area contributed by atoms with Gasteiger partial charge >= 0.3 is 0 Å². The summed E-state index contributed by atoms with van der Waals surface area (Å²) in [6.45, 7) is 2.61. The number of rotatable bonds is 8. The van der Waals surface area contributed by atoms with Gasteiger partial charge in [-0.1, -0.05) is 12.1 Å². The minimum Gasteiger partial charge on any atom is -0.497 e. The van der Waals surface area contributed by atoms with E-state index in [1.807, 2.05) is 54.9 Å². The zero-order chi connectivity index (χ0) is 21.6. The van der Waals surface area contributed by atoms with E-state index in [0.29, 0.717) is 19.8 Å². The van der Waals surface area contributed by atoms with Crippen molar-refractivity contribution in [3.8, 4) is 11.5 Å². The maximum Gasteiger partial charge on any atom is 0.123 e. The van der Waals surface area contributed by atoms with Crippen LogP contribution in [0.1, 0.15) is 22.6 Å². The SMILES string of the molecule is COc1ccc(OC)c(CN(Cc2ccncc2)[C@@H]2COC[C@H]2c2ccc(F)cc2)c1. The molecule has 0 radical (unpaired) electrons. The topological polar surface area (TPSA) is 43.8 Å². The smallest absolute Gasteiger partial charge is 0.123 e. The number of halogens is 1. The second-order valence-electron chi connectivity index (χ2n) is 7.70. The van der Waals surface area contributed by atoms with Gasteiger partial charge in [0.1, 0.15) is 17.3 Å². The predicted molar refractivity (Wildman–Crippen MR) is 117 cm³/mol. The van der Waals surface area contributed by atoms with E-state index in [1.54, 1.807) is 14.2 Å². The van der Waals surface area contributed by atoms with Crippen LogP contribution >= 0.6 is 0 Å².